The molecule has 0 aliphatic rings. The molecule has 0 aliphatic carbocycles. The van der Waals surface area contributed by atoms with Crippen LogP contribution in [0.15, 0.2) is 46.7 Å². The van der Waals surface area contributed by atoms with Crippen molar-refractivity contribution in [3.05, 3.63) is 58.9 Å². The van der Waals surface area contributed by atoms with E-state index in [1.165, 1.54) is 16.7 Å². The predicted octanol–water partition coefficient (Wildman–Crippen LogP) is 2.28. The summed E-state index contributed by atoms with van der Waals surface area (Å²) in [5.41, 5.74) is 6.30. The van der Waals surface area contributed by atoms with E-state index >= 15 is 0 Å². The van der Waals surface area contributed by atoms with Crippen molar-refractivity contribution in [2.45, 2.75) is 13.0 Å². The smallest absolute Gasteiger partial charge is 0.266 e. The van der Waals surface area contributed by atoms with Crippen molar-refractivity contribution in [1.29, 1.82) is 0 Å². The van der Waals surface area contributed by atoms with Gasteiger partial charge in [0.1, 0.15) is 11.6 Å². The summed E-state index contributed by atoms with van der Waals surface area (Å²) in [6.07, 6.45) is 4.83. The largest absolute Gasteiger partial charge is 0.322 e. The molecule has 0 bridgehead atoms. The van der Waals surface area contributed by atoms with Gasteiger partial charge in [-0.2, -0.15) is 0 Å². The zero-order chi connectivity index (χ0) is 16.3. The third-order valence-corrected chi connectivity index (χ3v) is 3.07. The van der Waals surface area contributed by atoms with Gasteiger partial charge in [0.25, 0.3) is 5.56 Å². The summed E-state index contributed by atoms with van der Waals surface area (Å²) in [4.78, 5) is 20.8. The van der Waals surface area contributed by atoms with E-state index in [0.29, 0.717) is 17.0 Å². The Hall–Kier alpha value is -2.60. The molecule has 5 nitrogen and oxygen atoms in total. The molecule has 1 heterocycles. The van der Waals surface area contributed by atoms with Gasteiger partial charge in [-0.1, -0.05) is 6.58 Å². The SMILES string of the molecule is C=C(/C=C\C=NC)n1c([C@H](C)N)nc2ccc(F)cc2c1=O. The van der Waals surface area contributed by atoms with Crippen LogP contribution >= 0.6 is 0 Å². The van der Waals surface area contributed by atoms with E-state index in [2.05, 4.69) is 16.6 Å². The standard InChI is InChI=1S/C16H17FN4O/c1-10(5-4-8-19-3)21-15(11(2)18)20-14-7-6-12(17)9-13(14)16(21)22/h4-9,11H,1,18H2,2-3H3/b5-4-,19-8?/t11-/m0/s1. The van der Waals surface area contributed by atoms with Crippen LogP contribution in [0.3, 0.4) is 0 Å². The Kier molecular flexibility index (Phi) is 4.62. The summed E-state index contributed by atoms with van der Waals surface area (Å²) in [7, 11) is 1.63. The minimum atomic E-state index is -0.495. The van der Waals surface area contributed by atoms with Crippen molar-refractivity contribution in [2.75, 3.05) is 7.05 Å². The molecule has 1 aromatic carbocycles. The fourth-order valence-corrected chi connectivity index (χ4v) is 2.07. The molecule has 0 fully saturated rings. The van der Waals surface area contributed by atoms with Crippen molar-refractivity contribution in [3.8, 4) is 0 Å². The second-order valence-electron chi connectivity index (χ2n) is 4.82. The van der Waals surface area contributed by atoms with Crippen LogP contribution in [0.2, 0.25) is 0 Å². The Morgan fingerprint density at radius 1 is 1.55 bits per heavy atom. The maximum Gasteiger partial charge on any atom is 0.266 e. The summed E-state index contributed by atoms with van der Waals surface area (Å²) in [6, 6.07) is 3.41. The topological polar surface area (TPSA) is 73.3 Å². The average Bonchev–Trinajstić information content (AvgIpc) is 2.47. The summed E-state index contributed by atoms with van der Waals surface area (Å²) in [6.45, 7) is 5.58. The lowest BCUT2D eigenvalue weighted by atomic mass is 10.2. The first-order chi connectivity index (χ1) is 10.5. The number of allylic oxidation sites excluding steroid dienone is 3. The molecule has 114 valence electrons. The summed E-state index contributed by atoms with van der Waals surface area (Å²) in [5.74, 6) is -0.127. The molecule has 2 aromatic rings. The van der Waals surface area contributed by atoms with Crippen LogP contribution in [-0.2, 0) is 0 Å². The number of aromatic nitrogens is 2. The lowest BCUT2D eigenvalue weighted by Gasteiger charge is -2.15. The Morgan fingerprint density at radius 3 is 2.91 bits per heavy atom. The third kappa shape index (κ3) is 3.01. The van der Waals surface area contributed by atoms with Crippen molar-refractivity contribution >= 4 is 22.8 Å². The highest BCUT2D eigenvalue weighted by atomic mass is 19.1. The highest BCUT2D eigenvalue weighted by molar-refractivity contribution is 5.80. The van der Waals surface area contributed by atoms with E-state index in [9.17, 15) is 9.18 Å². The number of hydrogen-bond acceptors (Lipinski definition) is 4. The van der Waals surface area contributed by atoms with Gasteiger partial charge in [-0.3, -0.25) is 14.4 Å². The molecule has 0 amide bonds. The molecule has 2 rings (SSSR count). The Bertz CT molecular complexity index is 834. The van der Waals surface area contributed by atoms with Crippen LogP contribution in [0.25, 0.3) is 16.6 Å². The van der Waals surface area contributed by atoms with Gasteiger partial charge < -0.3 is 5.73 Å². The van der Waals surface area contributed by atoms with Crippen molar-refractivity contribution in [2.24, 2.45) is 10.7 Å². The molecular weight excluding hydrogens is 283 g/mol. The van der Waals surface area contributed by atoms with E-state index in [4.69, 9.17) is 5.73 Å². The monoisotopic (exact) mass is 300 g/mol. The highest BCUT2D eigenvalue weighted by Gasteiger charge is 2.15. The summed E-state index contributed by atoms with van der Waals surface area (Å²) >= 11 is 0. The lowest BCUT2D eigenvalue weighted by molar-refractivity contribution is 0.628. The summed E-state index contributed by atoms with van der Waals surface area (Å²) < 4.78 is 14.7. The zero-order valence-corrected chi connectivity index (χ0v) is 12.5. The van der Waals surface area contributed by atoms with Gasteiger partial charge in [-0.25, -0.2) is 9.37 Å². The number of halogens is 1. The minimum absolute atomic E-state index is 0.183. The maximum absolute atomic E-state index is 13.4. The molecule has 1 aromatic heterocycles. The van der Waals surface area contributed by atoms with Gasteiger partial charge in [0.05, 0.1) is 16.9 Å². The second kappa shape index (κ2) is 6.44. The number of hydrogen-bond donors (Lipinski definition) is 1. The predicted molar refractivity (Wildman–Crippen MR) is 87.4 cm³/mol. The van der Waals surface area contributed by atoms with Crippen LogP contribution in [0.1, 0.15) is 18.8 Å². The fraction of sp³-hybridized carbons (Fsp3) is 0.188. The number of nitrogens with zero attached hydrogens (tertiary/aromatic N) is 3. The van der Waals surface area contributed by atoms with Crippen LogP contribution in [0, 0.1) is 5.82 Å². The van der Waals surface area contributed by atoms with Crippen molar-refractivity contribution < 1.29 is 4.39 Å². The van der Waals surface area contributed by atoms with E-state index in [1.54, 1.807) is 32.3 Å². The maximum atomic E-state index is 13.4. The molecule has 0 spiro atoms. The van der Waals surface area contributed by atoms with Gasteiger partial charge in [0.2, 0.25) is 0 Å². The lowest BCUT2D eigenvalue weighted by Crippen LogP contribution is -2.27. The quantitative estimate of drug-likeness (QED) is 0.695. The summed E-state index contributed by atoms with van der Waals surface area (Å²) in [5, 5.41) is 0.183. The number of aliphatic imine (C=N–C) groups is 1. The van der Waals surface area contributed by atoms with Crippen LogP contribution in [0.5, 0.6) is 0 Å². The first kappa shape index (κ1) is 15.8. The van der Waals surface area contributed by atoms with Crippen LogP contribution in [0.4, 0.5) is 4.39 Å². The average molecular weight is 300 g/mol. The molecule has 0 radical (unpaired) electrons. The molecule has 6 heteroatoms. The van der Waals surface area contributed by atoms with Gasteiger partial charge in [0, 0.05) is 19.0 Å². The molecule has 22 heavy (non-hydrogen) atoms. The van der Waals surface area contributed by atoms with Crippen molar-refractivity contribution in [1.82, 2.24) is 9.55 Å². The highest BCUT2D eigenvalue weighted by Crippen LogP contribution is 2.16. The number of benzene rings is 1. The molecule has 0 aliphatic heterocycles. The normalized spacial score (nSPS) is 13.3. The molecular formula is C16H17FN4O. The van der Waals surface area contributed by atoms with E-state index in [0.717, 1.165) is 6.07 Å². The van der Waals surface area contributed by atoms with Crippen molar-refractivity contribution in [3.63, 3.8) is 0 Å². The van der Waals surface area contributed by atoms with Gasteiger partial charge in [0.15, 0.2) is 0 Å². The zero-order valence-electron chi connectivity index (χ0n) is 12.5. The fourth-order valence-electron chi connectivity index (χ4n) is 2.07. The molecule has 0 saturated carbocycles. The number of nitrogens with two attached hydrogens (primary N) is 1. The van der Waals surface area contributed by atoms with Gasteiger partial charge in [-0.05, 0) is 37.3 Å². The van der Waals surface area contributed by atoms with Gasteiger partial charge in [-0.15, -0.1) is 0 Å². The second-order valence-corrected chi connectivity index (χ2v) is 4.82. The van der Waals surface area contributed by atoms with E-state index < -0.39 is 17.4 Å². The number of rotatable bonds is 4. The third-order valence-electron chi connectivity index (χ3n) is 3.07. The van der Waals surface area contributed by atoms with E-state index in [1.807, 2.05) is 0 Å². The Morgan fingerprint density at radius 2 is 2.27 bits per heavy atom. The van der Waals surface area contributed by atoms with Gasteiger partial charge >= 0.3 is 0 Å². The number of fused-ring (bicyclic) bond motifs is 1. The van der Waals surface area contributed by atoms with E-state index in [-0.39, 0.29) is 5.39 Å². The Labute approximate surface area is 127 Å². The molecule has 1 atom stereocenters. The first-order valence-electron chi connectivity index (χ1n) is 6.71. The van der Waals surface area contributed by atoms with Crippen LogP contribution < -0.4 is 11.3 Å². The molecule has 2 N–H and O–H groups in total. The minimum Gasteiger partial charge on any atom is -0.322 e. The molecule has 0 unspecified atom stereocenters. The van der Waals surface area contributed by atoms with Crippen LogP contribution in [-0.4, -0.2) is 22.8 Å². The Balaban J connectivity index is 2.74. The first-order valence-corrected chi connectivity index (χ1v) is 6.71. The molecule has 0 saturated heterocycles.